The number of rotatable bonds is 4. The third-order valence-electron chi connectivity index (χ3n) is 2.60. The molecule has 1 aromatic heterocycles. The predicted octanol–water partition coefficient (Wildman–Crippen LogP) is 1.46. The summed E-state index contributed by atoms with van der Waals surface area (Å²) in [5, 5.41) is 4.03. The summed E-state index contributed by atoms with van der Waals surface area (Å²) < 4.78 is 0. The lowest BCUT2D eigenvalue weighted by Gasteiger charge is -2.21. The van der Waals surface area contributed by atoms with Gasteiger partial charge in [-0.1, -0.05) is 6.42 Å². The van der Waals surface area contributed by atoms with Gasteiger partial charge in [0.05, 0.1) is 0 Å². The molecule has 1 unspecified atom stereocenters. The lowest BCUT2D eigenvalue weighted by Crippen LogP contribution is -2.20. The molecule has 1 aromatic rings. The van der Waals surface area contributed by atoms with Crippen LogP contribution in [0.4, 0.5) is 11.6 Å². The van der Waals surface area contributed by atoms with E-state index in [1.807, 2.05) is 17.8 Å². The van der Waals surface area contributed by atoms with Crippen LogP contribution < -0.4 is 16.6 Å². The van der Waals surface area contributed by atoms with Gasteiger partial charge in [0, 0.05) is 17.9 Å². The van der Waals surface area contributed by atoms with Gasteiger partial charge in [0.1, 0.15) is 18.0 Å². The van der Waals surface area contributed by atoms with E-state index in [2.05, 4.69) is 20.7 Å². The molecule has 1 saturated heterocycles. The van der Waals surface area contributed by atoms with Gasteiger partial charge in [-0.15, -0.1) is 0 Å². The zero-order chi connectivity index (χ0) is 11.2. The molecular formula is C10H17N5S. The smallest absolute Gasteiger partial charge is 0.145 e. The zero-order valence-electron chi connectivity index (χ0n) is 9.15. The average Bonchev–Trinajstić information content (AvgIpc) is 2.38. The third-order valence-corrected chi connectivity index (χ3v) is 4.00. The average molecular weight is 239 g/mol. The Balaban J connectivity index is 1.83. The van der Waals surface area contributed by atoms with Crippen molar-refractivity contribution in [3.8, 4) is 0 Å². The minimum atomic E-state index is 0.633. The molecule has 0 spiro atoms. The van der Waals surface area contributed by atoms with Crippen molar-refractivity contribution in [2.24, 2.45) is 5.84 Å². The molecule has 0 bridgehead atoms. The summed E-state index contributed by atoms with van der Waals surface area (Å²) in [4.78, 5) is 8.10. The van der Waals surface area contributed by atoms with Gasteiger partial charge in [0.15, 0.2) is 0 Å². The quantitative estimate of drug-likeness (QED) is 0.545. The van der Waals surface area contributed by atoms with Gasteiger partial charge in [0.25, 0.3) is 0 Å². The molecule has 0 amide bonds. The molecule has 1 aliphatic rings. The fourth-order valence-corrected chi connectivity index (χ4v) is 2.96. The van der Waals surface area contributed by atoms with E-state index < -0.39 is 0 Å². The number of nitrogen functional groups attached to an aromatic ring is 1. The number of nitrogens with zero attached hydrogens (tertiary/aromatic N) is 2. The summed E-state index contributed by atoms with van der Waals surface area (Å²) in [6.45, 7) is 0.964. The van der Waals surface area contributed by atoms with E-state index in [9.17, 15) is 0 Å². The highest BCUT2D eigenvalue weighted by Gasteiger charge is 2.13. The maximum atomic E-state index is 5.29. The fraction of sp³-hybridized carbons (Fsp3) is 0.600. The van der Waals surface area contributed by atoms with Crippen LogP contribution in [0.5, 0.6) is 0 Å². The van der Waals surface area contributed by atoms with Crippen LogP contribution in [0.3, 0.4) is 0 Å². The van der Waals surface area contributed by atoms with Crippen LogP contribution in [0, 0.1) is 0 Å². The zero-order valence-corrected chi connectivity index (χ0v) is 9.96. The van der Waals surface area contributed by atoms with Gasteiger partial charge in [-0.05, 0) is 18.6 Å². The van der Waals surface area contributed by atoms with Crippen molar-refractivity contribution in [1.82, 2.24) is 9.97 Å². The summed E-state index contributed by atoms with van der Waals surface area (Å²) in [7, 11) is 0. The Bertz CT molecular complexity index is 327. The van der Waals surface area contributed by atoms with E-state index in [0.717, 1.165) is 12.4 Å². The number of nitrogens with one attached hydrogen (secondary N) is 2. The normalized spacial score (nSPS) is 20.4. The highest BCUT2D eigenvalue weighted by atomic mass is 32.2. The van der Waals surface area contributed by atoms with Crippen LogP contribution in [-0.2, 0) is 0 Å². The summed E-state index contributed by atoms with van der Waals surface area (Å²) in [5.41, 5.74) is 2.51. The highest BCUT2D eigenvalue weighted by Crippen LogP contribution is 2.25. The molecule has 2 rings (SSSR count). The number of nitrogens with two attached hydrogens (primary N) is 1. The van der Waals surface area contributed by atoms with Crippen molar-refractivity contribution in [2.45, 2.75) is 24.5 Å². The molecule has 88 valence electrons. The van der Waals surface area contributed by atoms with Crippen molar-refractivity contribution in [1.29, 1.82) is 0 Å². The molecule has 1 aliphatic heterocycles. The number of thioether (sulfide) groups is 1. The van der Waals surface area contributed by atoms with Gasteiger partial charge in [-0.2, -0.15) is 11.8 Å². The Labute approximate surface area is 99.6 Å². The Morgan fingerprint density at radius 1 is 1.38 bits per heavy atom. The third kappa shape index (κ3) is 3.24. The molecular weight excluding hydrogens is 222 g/mol. The van der Waals surface area contributed by atoms with Crippen molar-refractivity contribution < 1.29 is 0 Å². The molecule has 1 fully saturated rings. The van der Waals surface area contributed by atoms with Crippen molar-refractivity contribution in [2.75, 3.05) is 23.0 Å². The fourth-order valence-electron chi connectivity index (χ4n) is 1.72. The monoisotopic (exact) mass is 239 g/mol. The molecule has 2 heterocycles. The van der Waals surface area contributed by atoms with Crippen molar-refractivity contribution >= 4 is 23.4 Å². The predicted molar refractivity (Wildman–Crippen MR) is 68.4 cm³/mol. The first-order valence-corrected chi connectivity index (χ1v) is 6.57. The Kier molecular flexibility index (Phi) is 4.24. The molecule has 0 aromatic carbocycles. The van der Waals surface area contributed by atoms with E-state index in [4.69, 9.17) is 5.84 Å². The summed E-state index contributed by atoms with van der Waals surface area (Å²) in [6, 6.07) is 1.81. The lowest BCUT2D eigenvalue weighted by atomic mass is 10.2. The van der Waals surface area contributed by atoms with Crippen LogP contribution in [0.25, 0.3) is 0 Å². The van der Waals surface area contributed by atoms with E-state index in [-0.39, 0.29) is 0 Å². The number of anilines is 2. The molecule has 0 saturated carbocycles. The standard InChI is InChI=1S/C10H17N5S/c11-15-10-5-9(13-7-14-10)12-6-8-3-1-2-4-16-8/h5,7-8H,1-4,6,11H2,(H2,12,13,14,15). The topological polar surface area (TPSA) is 75.9 Å². The first kappa shape index (κ1) is 11.5. The maximum Gasteiger partial charge on any atom is 0.145 e. The SMILES string of the molecule is NNc1cc(NCC2CCCCS2)ncn1. The molecule has 5 nitrogen and oxygen atoms in total. The van der Waals surface area contributed by atoms with Crippen molar-refractivity contribution in [3.63, 3.8) is 0 Å². The number of hydrazine groups is 1. The van der Waals surface area contributed by atoms with Gasteiger partial charge >= 0.3 is 0 Å². The summed E-state index contributed by atoms with van der Waals surface area (Å²) in [6.07, 6.45) is 5.50. The Morgan fingerprint density at radius 3 is 3.00 bits per heavy atom. The van der Waals surface area contributed by atoms with Crippen LogP contribution in [0.15, 0.2) is 12.4 Å². The molecule has 4 N–H and O–H groups in total. The number of aromatic nitrogens is 2. The molecule has 6 heteroatoms. The number of hydrogen-bond donors (Lipinski definition) is 3. The van der Waals surface area contributed by atoms with Gasteiger partial charge in [-0.3, -0.25) is 0 Å². The van der Waals surface area contributed by atoms with Gasteiger partial charge in [-0.25, -0.2) is 15.8 Å². The summed E-state index contributed by atoms with van der Waals surface area (Å²) in [5.74, 6) is 8.03. The molecule has 0 radical (unpaired) electrons. The number of hydrogen-bond acceptors (Lipinski definition) is 6. The van der Waals surface area contributed by atoms with Gasteiger partial charge in [0.2, 0.25) is 0 Å². The summed E-state index contributed by atoms with van der Waals surface area (Å²) >= 11 is 2.05. The molecule has 1 atom stereocenters. The maximum absolute atomic E-state index is 5.29. The highest BCUT2D eigenvalue weighted by molar-refractivity contribution is 7.99. The van der Waals surface area contributed by atoms with Crippen LogP contribution >= 0.6 is 11.8 Å². The van der Waals surface area contributed by atoms with E-state index >= 15 is 0 Å². The minimum Gasteiger partial charge on any atom is -0.369 e. The van der Waals surface area contributed by atoms with E-state index in [1.165, 1.54) is 31.3 Å². The van der Waals surface area contributed by atoms with Crippen LogP contribution in [-0.4, -0.2) is 27.5 Å². The minimum absolute atomic E-state index is 0.633. The van der Waals surface area contributed by atoms with Gasteiger partial charge < -0.3 is 10.7 Å². The molecule has 16 heavy (non-hydrogen) atoms. The second-order valence-electron chi connectivity index (χ2n) is 3.80. The molecule has 0 aliphatic carbocycles. The van der Waals surface area contributed by atoms with Crippen LogP contribution in [0.2, 0.25) is 0 Å². The second kappa shape index (κ2) is 5.91. The first-order valence-electron chi connectivity index (χ1n) is 5.52. The largest absolute Gasteiger partial charge is 0.369 e. The first-order chi connectivity index (χ1) is 7.88. The van der Waals surface area contributed by atoms with Crippen LogP contribution in [0.1, 0.15) is 19.3 Å². The van der Waals surface area contributed by atoms with Crippen molar-refractivity contribution in [3.05, 3.63) is 12.4 Å². The lowest BCUT2D eigenvalue weighted by molar-refractivity contribution is 0.677. The Morgan fingerprint density at radius 2 is 2.25 bits per heavy atom. The van der Waals surface area contributed by atoms with E-state index in [0.29, 0.717) is 11.1 Å². The second-order valence-corrected chi connectivity index (χ2v) is 5.21. The Hall–Kier alpha value is -1.01. The van der Waals surface area contributed by atoms with E-state index in [1.54, 1.807) is 0 Å².